The highest BCUT2D eigenvalue weighted by Gasteiger charge is 2.43. The Kier molecular flexibility index (Phi) is 6.01. The van der Waals surface area contributed by atoms with E-state index >= 15 is 0 Å². The van der Waals surface area contributed by atoms with E-state index in [9.17, 15) is 9.59 Å². The van der Waals surface area contributed by atoms with Gasteiger partial charge in [-0.15, -0.1) is 0 Å². The molecule has 3 aliphatic heterocycles. The molecule has 0 radical (unpaired) electrons. The second-order valence-electron chi connectivity index (χ2n) is 7.53. The molecule has 0 saturated carbocycles. The third-order valence-corrected chi connectivity index (χ3v) is 5.36. The zero-order chi connectivity index (χ0) is 18.7. The molecule has 0 aromatic carbocycles. The molecule has 144 valence electrons. The topological polar surface area (TPSA) is 69.2 Å². The van der Waals surface area contributed by atoms with Crippen LogP contribution in [0.4, 0.5) is 0 Å². The summed E-state index contributed by atoms with van der Waals surface area (Å²) < 4.78 is 0. The van der Waals surface area contributed by atoms with Crippen molar-refractivity contribution in [1.29, 1.82) is 0 Å². The number of Topliss-reactive ketones (excluding diaryl/α,β-unsaturated/α-hetero) is 1. The molecule has 3 saturated heterocycles. The van der Waals surface area contributed by atoms with Crippen LogP contribution in [0, 0.1) is 5.92 Å². The monoisotopic (exact) mass is 360 g/mol. The summed E-state index contributed by atoms with van der Waals surface area (Å²) in [6.07, 6.45) is 6.74. The Morgan fingerprint density at radius 3 is 2.00 bits per heavy atom. The lowest BCUT2D eigenvalue weighted by Gasteiger charge is -2.21. The highest BCUT2D eigenvalue weighted by Crippen LogP contribution is 2.33. The normalized spacial score (nSPS) is 22.1. The van der Waals surface area contributed by atoms with Gasteiger partial charge in [-0.3, -0.25) is 9.59 Å². The van der Waals surface area contributed by atoms with Crippen LogP contribution in [-0.2, 0) is 9.59 Å². The van der Waals surface area contributed by atoms with Gasteiger partial charge in [0.15, 0.2) is 0 Å². The van der Waals surface area contributed by atoms with Gasteiger partial charge < -0.3 is 20.4 Å². The number of hydrogen-bond acceptors (Lipinski definition) is 6. The maximum atomic E-state index is 12.4. The number of rotatable bonds is 8. The van der Waals surface area contributed by atoms with Crippen molar-refractivity contribution in [2.45, 2.75) is 39.5 Å². The SMILES string of the molecule is CCCCC(CC)CN.O=C1C=C(N2CC2)C(=O)C(N2CC2)=C1N1CC1. The van der Waals surface area contributed by atoms with Gasteiger partial charge in [0.05, 0.1) is 5.70 Å². The van der Waals surface area contributed by atoms with E-state index in [1.54, 1.807) is 0 Å². The highest BCUT2D eigenvalue weighted by atomic mass is 16.1. The number of unbranched alkanes of at least 4 members (excludes halogenated alkanes) is 1. The van der Waals surface area contributed by atoms with Crippen LogP contribution < -0.4 is 5.73 Å². The first-order valence-corrected chi connectivity index (χ1v) is 10.1. The molecule has 6 nitrogen and oxygen atoms in total. The largest absolute Gasteiger partial charge is 0.365 e. The number of ketones is 2. The molecule has 4 rings (SSSR count). The van der Waals surface area contributed by atoms with Crippen LogP contribution in [0.25, 0.3) is 0 Å². The molecule has 3 fully saturated rings. The van der Waals surface area contributed by atoms with E-state index in [1.165, 1.54) is 31.8 Å². The summed E-state index contributed by atoms with van der Waals surface area (Å²) in [6, 6.07) is 0. The molecule has 0 spiro atoms. The molecule has 6 heteroatoms. The van der Waals surface area contributed by atoms with Gasteiger partial charge >= 0.3 is 0 Å². The molecule has 0 bridgehead atoms. The second kappa shape index (κ2) is 8.25. The molecule has 1 unspecified atom stereocenters. The fourth-order valence-electron chi connectivity index (χ4n) is 3.26. The summed E-state index contributed by atoms with van der Waals surface area (Å²) in [5.41, 5.74) is 7.41. The summed E-state index contributed by atoms with van der Waals surface area (Å²) >= 11 is 0. The molecule has 0 aromatic heterocycles. The fourth-order valence-corrected chi connectivity index (χ4v) is 3.26. The van der Waals surface area contributed by atoms with Crippen molar-refractivity contribution in [2.24, 2.45) is 11.7 Å². The molecule has 3 heterocycles. The average Bonchev–Trinajstić information content (AvgIpc) is 3.51. The molecule has 2 N–H and O–H groups in total. The number of carbonyl (C=O) groups excluding carboxylic acids is 2. The van der Waals surface area contributed by atoms with E-state index in [-0.39, 0.29) is 11.6 Å². The first kappa shape index (κ1) is 19.0. The summed E-state index contributed by atoms with van der Waals surface area (Å²) in [6.45, 7) is 10.7. The standard InChI is InChI=1S/C12H13N3O2.C8H19N/c16-9-7-8(13-1-2-13)12(17)11(15-5-6-15)10(9)14-3-4-14;1-3-5-6-8(4-2)7-9/h7H,1-6H2;8H,3-7,9H2,1-2H3. The third-order valence-electron chi connectivity index (χ3n) is 5.36. The van der Waals surface area contributed by atoms with Gasteiger partial charge in [0, 0.05) is 45.3 Å². The predicted octanol–water partition coefficient (Wildman–Crippen LogP) is 1.34. The van der Waals surface area contributed by atoms with Crippen LogP contribution >= 0.6 is 0 Å². The number of hydrogen-bond donors (Lipinski definition) is 1. The summed E-state index contributed by atoms with van der Waals surface area (Å²) in [7, 11) is 0. The van der Waals surface area contributed by atoms with Crippen molar-refractivity contribution in [2.75, 3.05) is 45.8 Å². The van der Waals surface area contributed by atoms with Crippen LogP contribution in [0.3, 0.4) is 0 Å². The Bertz CT molecular complexity index is 609. The van der Waals surface area contributed by atoms with Crippen molar-refractivity contribution in [3.8, 4) is 0 Å². The van der Waals surface area contributed by atoms with Crippen LogP contribution in [0.5, 0.6) is 0 Å². The van der Waals surface area contributed by atoms with E-state index in [0.717, 1.165) is 51.7 Å². The highest BCUT2D eigenvalue weighted by molar-refractivity contribution is 6.22. The minimum atomic E-state index is 0.00546. The molecule has 4 aliphatic rings. The quantitative estimate of drug-likeness (QED) is 0.520. The van der Waals surface area contributed by atoms with Crippen molar-refractivity contribution in [1.82, 2.24) is 14.7 Å². The minimum Gasteiger partial charge on any atom is -0.365 e. The first-order valence-electron chi connectivity index (χ1n) is 10.1. The molecule has 1 atom stereocenters. The smallest absolute Gasteiger partial charge is 0.227 e. The Labute approximate surface area is 156 Å². The van der Waals surface area contributed by atoms with Gasteiger partial charge in [-0.25, -0.2) is 0 Å². The summed E-state index contributed by atoms with van der Waals surface area (Å²) in [5, 5.41) is 0. The van der Waals surface area contributed by atoms with E-state index in [1.807, 2.05) is 14.7 Å². The van der Waals surface area contributed by atoms with Crippen molar-refractivity contribution >= 4 is 11.6 Å². The second-order valence-corrected chi connectivity index (χ2v) is 7.53. The summed E-state index contributed by atoms with van der Waals surface area (Å²) in [5.74, 6) is 0.831. The zero-order valence-electron chi connectivity index (χ0n) is 16.2. The Morgan fingerprint density at radius 1 is 0.962 bits per heavy atom. The molecule has 0 aromatic rings. The van der Waals surface area contributed by atoms with E-state index in [0.29, 0.717) is 17.1 Å². The Morgan fingerprint density at radius 2 is 1.54 bits per heavy atom. The van der Waals surface area contributed by atoms with E-state index in [2.05, 4.69) is 13.8 Å². The van der Waals surface area contributed by atoms with Gasteiger partial charge in [0.25, 0.3) is 0 Å². The van der Waals surface area contributed by atoms with Crippen molar-refractivity contribution < 1.29 is 9.59 Å². The average molecular weight is 361 g/mol. The minimum absolute atomic E-state index is 0.00546. The van der Waals surface area contributed by atoms with Crippen LogP contribution in [0.2, 0.25) is 0 Å². The number of nitrogens with zero attached hydrogens (tertiary/aromatic N) is 3. The van der Waals surface area contributed by atoms with Gasteiger partial charge in [0.2, 0.25) is 11.6 Å². The number of allylic oxidation sites excluding steroid dienone is 1. The van der Waals surface area contributed by atoms with Gasteiger partial charge in [-0.1, -0.05) is 33.1 Å². The molecule has 26 heavy (non-hydrogen) atoms. The van der Waals surface area contributed by atoms with Crippen LogP contribution in [-0.4, -0.2) is 72.1 Å². The van der Waals surface area contributed by atoms with Crippen LogP contribution in [0.15, 0.2) is 23.2 Å². The number of carbonyl (C=O) groups is 2. The molecular formula is C20H32N4O2. The lowest BCUT2D eigenvalue weighted by Crippen LogP contribution is -2.29. The van der Waals surface area contributed by atoms with Crippen molar-refractivity contribution in [3.63, 3.8) is 0 Å². The van der Waals surface area contributed by atoms with Gasteiger partial charge in [-0.05, 0) is 18.9 Å². The Hall–Kier alpha value is -1.82. The van der Waals surface area contributed by atoms with Gasteiger partial charge in [-0.2, -0.15) is 0 Å². The Balaban J connectivity index is 0.000000188. The molecular weight excluding hydrogens is 328 g/mol. The fraction of sp³-hybridized carbons (Fsp3) is 0.700. The molecule has 1 aliphatic carbocycles. The number of nitrogens with two attached hydrogens (primary N) is 1. The van der Waals surface area contributed by atoms with Crippen LogP contribution in [0.1, 0.15) is 39.5 Å². The summed E-state index contributed by atoms with van der Waals surface area (Å²) in [4.78, 5) is 30.5. The predicted molar refractivity (Wildman–Crippen MR) is 102 cm³/mol. The van der Waals surface area contributed by atoms with Crippen molar-refractivity contribution in [3.05, 3.63) is 23.2 Å². The maximum absolute atomic E-state index is 12.4. The van der Waals surface area contributed by atoms with E-state index in [4.69, 9.17) is 5.73 Å². The lowest BCUT2D eigenvalue weighted by atomic mass is 10.00. The molecule has 0 amide bonds. The zero-order valence-corrected chi connectivity index (χ0v) is 16.2. The third kappa shape index (κ3) is 4.47. The first-order chi connectivity index (χ1) is 12.6. The lowest BCUT2D eigenvalue weighted by molar-refractivity contribution is -0.117. The van der Waals surface area contributed by atoms with Gasteiger partial charge in [0.1, 0.15) is 11.4 Å². The van der Waals surface area contributed by atoms with E-state index < -0.39 is 0 Å². The maximum Gasteiger partial charge on any atom is 0.227 e.